The van der Waals surface area contributed by atoms with Crippen LogP contribution in [-0.4, -0.2) is 31.3 Å². The van der Waals surface area contributed by atoms with Gasteiger partial charge in [-0.1, -0.05) is 37.1 Å². The van der Waals surface area contributed by atoms with Crippen LogP contribution >= 0.6 is 11.6 Å². The number of hydrogen-bond donors (Lipinski definition) is 1. The number of unbranched alkanes of at least 4 members (excludes halogenated alkanes) is 1. The minimum Gasteiger partial charge on any atom is -0.494 e. The third-order valence-corrected chi connectivity index (χ3v) is 4.81. The standard InChI is InChI=1S/C26H25ClN2O5/c1-2-3-16-32-22-12-14-23(15-13-22)33-18-25(30)29-28-17-20-6-4-5-7-24(20)34-26(31)19-8-10-21(27)11-9-19/h4-15,17H,2-3,16,18H2,1H3,(H,29,30)/b28-17-. The SMILES string of the molecule is CCCCOc1ccc(OCC(=O)N/N=C\c2ccccc2OC(=O)c2ccc(Cl)cc2)cc1. The molecule has 34 heavy (non-hydrogen) atoms. The second-order valence-corrected chi connectivity index (χ2v) is 7.63. The van der Waals surface area contributed by atoms with Gasteiger partial charge >= 0.3 is 5.97 Å². The average molecular weight is 481 g/mol. The second kappa shape index (κ2) is 13.0. The number of nitrogens with one attached hydrogen (secondary N) is 1. The zero-order valence-electron chi connectivity index (χ0n) is 18.7. The number of hydrogen-bond acceptors (Lipinski definition) is 6. The molecule has 0 atom stereocenters. The Morgan fingerprint density at radius 1 is 0.941 bits per heavy atom. The Bertz CT molecular complexity index is 1110. The van der Waals surface area contributed by atoms with Gasteiger partial charge in [0, 0.05) is 10.6 Å². The number of carbonyl (C=O) groups is 2. The van der Waals surface area contributed by atoms with Crippen LogP contribution in [0.4, 0.5) is 0 Å². The van der Waals surface area contributed by atoms with Gasteiger partial charge in [0.05, 0.1) is 18.4 Å². The smallest absolute Gasteiger partial charge is 0.343 e. The summed E-state index contributed by atoms with van der Waals surface area (Å²) in [6.45, 7) is 2.56. The highest BCUT2D eigenvalue weighted by atomic mass is 35.5. The van der Waals surface area contributed by atoms with Gasteiger partial charge in [0.25, 0.3) is 5.91 Å². The van der Waals surface area contributed by atoms with E-state index in [1.54, 1.807) is 72.8 Å². The van der Waals surface area contributed by atoms with Crippen LogP contribution in [0.1, 0.15) is 35.7 Å². The molecule has 0 bridgehead atoms. The van der Waals surface area contributed by atoms with E-state index in [-0.39, 0.29) is 6.61 Å². The second-order valence-electron chi connectivity index (χ2n) is 7.19. The van der Waals surface area contributed by atoms with E-state index in [9.17, 15) is 9.59 Å². The molecular weight excluding hydrogens is 456 g/mol. The summed E-state index contributed by atoms with van der Waals surface area (Å²) in [6.07, 6.45) is 3.46. The average Bonchev–Trinajstić information content (AvgIpc) is 2.85. The topological polar surface area (TPSA) is 86.2 Å². The number of ether oxygens (including phenoxy) is 3. The Labute approximate surface area is 203 Å². The number of nitrogens with zero attached hydrogens (tertiary/aromatic N) is 1. The summed E-state index contributed by atoms with van der Waals surface area (Å²) in [6, 6.07) is 20.3. The molecule has 0 heterocycles. The molecule has 3 aromatic carbocycles. The van der Waals surface area contributed by atoms with Crippen molar-refractivity contribution in [2.75, 3.05) is 13.2 Å². The number of carbonyl (C=O) groups excluding carboxylic acids is 2. The molecule has 0 fully saturated rings. The first-order chi connectivity index (χ1) is 16.5. The van der Waals surface area contributed by atoms with E-state index in [2.05, 4.69) is 17.5 Å². The maximum Gasteiger partial charge on any atom is 0.343 e. The van der Waals surface area contributed by atoms with Crippen molar-refractivity contribution in [1.29, 1.82) is 0 Å². The lowest BCUT2D eigenvalue weighted by atomic mass is 10.2. The third-order valence-electron chi connectivity index (χ3n) is 4.55. The van der Waals surface area contributed by atoms with Crippen LogP contribution in [0.5, 0.6) is 17.2 Å². The van der Waals surface area contributed by atoms with Crippen LogP contribution < -0.4 is 19.6 Å². The molecule has 0 aliphatic carbocycles. The maximum absolute atomic E-state index is 12.4. The van der Waals surface area contributed by atoms with Crippen LogP contribution in [-0.2, 0) is 4.79 Å². The molecule has 0 radical (unpaired) electrons. The van der Waals surface area contributed by atoms with Gasteiger partial charge in [0.15, 0.2) is 6.61 Å². The Balaban J connectivity index is 1.49. The van der Waals surface area contributed by atoms with E-state index >= 15 is 0 Å². The molecule has 0 saturated heterocycles. The van der Waals surface area contributed by atoms with Crippen molar-refractivity contribution in [1.82, 2.24) is 5.43 Å². The number of esters is 1. The van der Waals surface area contributed by atoms with E-state index in [1.165, 1.54) is 6.21 Å². The number of rotatable bonds is 11. The van der Waals surface area contributed by atoms with Crippen LogP contribution in [0.25, 0.3) is 0 Å². The summed E-state index contributed by atoms with van der Waals surface area (Å²) in [5.41, 5.74) is 3.27. The van der Waals surface area contributed by atoms with Crippen molar-refractivity contribution in [3.8, 4) is 17.2 Å². The lowest BCUT2D eigenvalue weighted by molar-refractivity contribution is -0.123. The molecule has 1 amide bonds. The first-order valence-corrected chi connectivity index (χ1v) is 11.2. The van der Waals surface area contributed by atoms with E-state index in [0.29, 0.717) is 34.3 Å². The van der Waals surface area contributed by atoms with E-state index < -0.39 is 11.9 Å². The molecule has 8 heteroatoms. The summed E-state index contributed by atoms with van der Waals surface area (Å²) in [4.78, 5) is 24.4. The van der Waals surface area contributed by atoms with Crippen molar-refractivity contribution in [3.63, 3.8) is 0 Å². The van der Waals surface area contributed by atoms with Gasteiger partial charge < -0.3 is 14.2 Å². The molecule has 3 rings (SSSR count). The molecule has 0 aliphatic rings. The minimum atomic E-state index is -0.531. The highest BCUT2D eigenvalue weighted by molar-refractivity contribution is 6.30. The summed E-state index contributed by atoms with van der Waals surface area (Å²) >= 11 is 5.85. The summed E-state index contributed by atoms with van der Waals surface area (Å²) < 4.78 is 16.5. The van der Waals surface area contributed by atoms with Gasteiger partial charge in [-0.15, -0.1) is 0 Å². The zero-order valence-corrected chi connectivity index (χ0v) is 19.5. The lowest BCUT2D eigenvalue weighted by Crippen LogP contribution is -2.24. The summed E-state index contributed by atoms with van der Waals surface area (Å²) in [7, 11) is 0. The molecule has 176 valence electrons. The van der Waals surface area contributed by atoms with Crippen LogP contribution in [0, 0.1) is 0 Å². The van der Waals surface area contributed by atoms with Gasteiger partial charge in [0.2, 0.25) is 0 Å². The zero-order chi connectivity index (χ0) is 24.2. The fourth-order valence-corrected chi connectivity index (χ4v) is 2.87. The number of halogens is 1. The normalized spacial score (nSPS) is 10.6. The van der Waals surface area contributed by atoms with Gasteiger partial charge in [-0.3, -0.25) is 4.79 Å². The number of para-hydroxylation sites is 1. The monoisotopic (exact) mass is 480 g/mol. The molecule has 0 aliphatic heterocycles. The number of benzene rings is 3. The quantitative estimate of drug-likeness (QED) is 0.133. The van der Waals surface area contributed by atoms with Crippen molar-refractivity contribution in [2.24, 2.45) is 5.10 Å². The maximum atomic E-state index is 12.4. The molecule has 1 N–H and O–H groups in total. The van der Waals surface area contributed by atoms with Crippen molar-refractivity contribution < 1.29 is 23.8 Å². The molecule has 0 aromatic heterocycles. The Hall–Kier alpha value is -3.84. The minimum absolute atomic E-state index is 0.208. The summed E-state index contributed by atoms with van der Waals surface area (Å²) in [5.74, 6) is 0.636. The predicted octanol–water partition coefficient (Wildman–Crippen LogP) is 5.27. The number of amides is 1. The fraction of sp³-hybridized carbons (Fsp3) is 0.192. The van der Waals surface area contributed by atoms with E-state index in [0.717, 1.165) is 18.6 Å². The number of hydrazone groups is 1. The first-order valence-electron chi connectivity index (χ1n) is 10.8. The summed E-state index contributed by atoms with van der Waals surface area (Å²) in [5, 5.41) is 4.45. The first kappa shape index (κ1) is 24.8. The molecular formula is C26H25ClN2O5. The largest absolute Gasteiger partial charge is 0.494 e. The van der Waals surface area contributed by atoms with Crippen molar-refractivity contribution >= 4 is 29.7 Å². The van der Waals surface area contributed by atoms with Gasteiger partial charge in [0.1, 0.15) is 17.2 Å². The van der Waals surface area contributed by atoms with E-state index in [1.807, 2.05) is 0 Å². The van der Waals surface area contributed by atoms with Crippen molar-refractivity contribution in [3.05, 3.63) is 88.9 Å². The highest BCUT2D eigenvalue weighted by Gasteiger charge is 2.11. The Kier molecular flexibility index (Phi) is 9.49. The van der Waals surface area contributed by atoms with Crippen molar-refractivity contribution in [2.45, 2.75) is 19.8 Å². The highest BCUT2D eigenvalue weighted by Crippen LogP contribution is 2.19. The van der Waals surface area contributed by atoms with Crippen LogP contribution in [0.3, 0.4) is 0 Å². The fourth-order valence-electron chi connectivity index (χ4n) is 2.75. The molecule has 0 spiro atoms. The lowest BCUT2D eigenvalue weighted by Gasteiger charge is -2.08. The Morgan fingerprint density at radius 2 is 1.62 bits per heavy atom. The Morgan fingerprint density at radius 3 is 2.32 bits per heavy atom. The molecule has 3 aromatic rings. The predicted molar refractivity (Wildman–Crippen MR) is 131 cm³/mol. The molecule has 0 unspecified atom stereocenters. The van der Waals surface area contributed by atoms with Gasteiger partial charge in [-0.2, -0.15) is 5.10 Å². The van der Waals surface area contributed by atoms with E-state index in [4.69, 9.17) is 25.8 Å². The van der Waals surface area contributed by atoms with Gasteiger partial charge in [-0.05, 0) is 67.1 Å². The third kappa shape index (κ3) is 7.94. The molecule has 7 nitrogen and oxygen atoms in total. The molecule has 0 saturated carbocycles. The van der Waals surface area contributed by atoms with Crippen LogP contribution in [0.15, 0.2) is 77.9 Å². The van der Waals surface area contributed by atoms with Crippen LogP contribution in [0.2, 0.25) is 5.02 Å². The van der Waals surface area contributed by atoms with Gasteiger partial charge in [-0.25, -0.2) is 10.2 Å².